The van der Waals surface area contributed by atoms with Crippen LogP contribution in [0.2, 0.25) is 0 Å². The molecule has 110 valence electrons. The van der Waals surface area contributed by atoms with Crippen LogP contribution >= 0.6 is 0 Å². The van der Waals surface area contributed by atoms with Crippen molar-refractivity contribution in [3.63, 3.8) is 0 Å². The van der Waals surface area contributed by atoms with Crippen LogP contribution in [0.4, 0.5) is 11.6 Å². The minimum atomic E-state index is -0.179. The molecule has 2 heterocycles. The normalized spacial score (nSPS) is 16.6. The quantitative estimate of drug-likeness (QED) is 0.737. The molecule has 1 fully saturated rings. The number of nitrogens with zero attached hydrogens (tertiary/aromatic N) is 2. The fourth-order valence-electron chi connectivity index (χ4n) is 2.49. The Kier molecular flexibility index (Phi) is 4.60. The fourth-order valence-corrected chi connectivity index (χ4v) is 2.49. The third-order valence-electron chi connectivity index (χ3n) is 3.61. The molecular formula is C15H24N4O. The summed E-state index contributed by atoms with van der Waals surface area (Å²) in [5.41, 5.74) is 1.90. The maximum absolute atomic E-state index is 9.59. The average Bonchev–Trinajstić information content (AvgIpc) is 2.38. The van der Waals surface area contributed by atoms with Crippen molar-refractivity contribution in [3.05, 3.63) is 17.2 Å². The molecular weight excluding hydrogens is 252 g/mol. The number of aliphatic hydroxyl groups excluding tert-OH is 1. The van der Waals surface area contributed by atoms with Crippen molar-refractivity contribution in [2.24, 2.45) is 0 Å². The maximum Gasteiger partial charge on any atom is 0.137 e. The number of aromatic nitrogens is 1. The van der Waals surface area contributed by atoms with Gasteiger partial charge in [0.05, 0.1) is 6.10 Å². The van der Waals surface area contributed by atoms with Gasteiger partial charge in [0, 0.05) is 30.9 Å². The average molecular weight is 276 g/mol. The van der Waals surface area contributed by atoms with Gasteiger partial charge in [-0.2, -0.15) is 0 Å². The highest BCUT2D eigenvalue weighted by atomic mass is 16.3. The number of pyridine rings is 1. The van der Waals surface area contributed by atoms with Crippen molar-refractivity contribution >= 4 is 17.9 Å². The van der Waals surface area contributed by atoms with E-state index < -0.39 is 0 Å². The van der Waals surface area contributed by atoms with Crippen LogP contribution in [0.3, 0.4) is 0 Å². The largest absolute Gasteiger partial charge is 0.393 e. The Bertz CT molecular complexity index is 479. The van der Waals surface area contributed by atoms with E-state index in [-0.39, 0.29) is 12.1 Å². The van der Waals surface area contributed by atoms with E-state index in [0.717, 1.165) is 48.7 Å². The summed E-state index contributed by atoms with van der Waals surface area (Å²) in [6.45, 7) is 7.80. The molecule has 0 aliphatic carbocycles. The van der Waals surface area contributed by atoms with E-state index in [1.165, 1.54) is 6.21 Å². The lowest BCUT2D eigenvalue weighted by molar-refractivity contribution is 0.145. The summed E-state index contributed by atoms with van der Waals surface area (Å²) in [5, 5.41) is 20.5. The Morgan fingerprint density at radius 2 is 2.10 bits per heavy atom. The Labute approximate surface area is 120 Å². The highest BCUT2D eigenvalue weighted by Crippen LogP contribution is 2.25. The molecule has 0 unspecified atom stereocenters. The zero-order valence-electron chi connectivity index (χ0n) is 12.5. The lowest BCUT2D eigenvalue weighted by atomic mass is 10.1. The van der Waals surface area contributed by atoms with Gasteiger partial charge in [-0.1, -0.05) is 0 Å². The van der Waals surface area contributed by atoms with Crippen LogP contribution < -0.4 is 10.2 Å². The molecule has 5 nitrogen and oxygen atoms in total. The smallest absolute Gasteiger partial charge is 0.137 e. The molecule has 0 amide bonds. The fraction of sp³-hybridized carbons (Fsp3) is 0.600. The molecule has 1 aromatic rings. The summed E-state index contributed by atoms with van der Waals surface area (Å²) in [6, 6.07) is 2.31. The minimum absolute atomic E-state index is 0.179. The van der Waals surface area contributed by atoms with E-state index in [0.29, 0.717) is 0 Å². The predicted molar refractivity (Wildman–Crippen MR) is 83.1 cm³/mol. The number of rotatable bonds is 4. The van der Waals surface area contributed by atoms with Crippen molar-refractivity contribution in [2.75, 3.05) is 23.3 Å². The molecule has 5 heteroatoms. The summed E-state index contributed by atoms with van der Waals surface area (Å²) in [7, 11) is 0. The van der Waals surface area contributed by atoms with Crippen LogP contribution in [0, 0.1) is 12.3 Å². The zero-order chi connectivity index (χ0) is 14.7. The number of anilines is 2. The van der Waals surface area contributed by atoms with E-state index in [4.69, 9.17) is 5.41 Å². The van der Waals surface area contributed by atoms with Crippen LogP contribution in [0.15, 0.2) is 6.07 Å². The molecule has 20 heavy (non-hydrogen) atoms. The Morgan fingerprint density at radius 1 is 1.45 bits per heavy atom. The van der Waals surface area contributed by atoms with Gasteiger partial charge in [0.1, 0.15) is 11.6 Å². The van der Waals surface area contributed by atoms with Gasteiger partial charge in [0.15, 0.2) is 0 Å². The third-order valence-corrected chi connectivity index (χ3v) is 3.61. The lowest BCUT2D eigenvalue weighted by Gasteiger charge is -2.31. The highest BCUT2D eigenvalue weighted by Gasteiger charge is 2.20. The molecule has 1 aromatic heterocycles. The van der Waals surface area contributed by atoms with Crippen molar-refractivity contribution in [1.29, 1.82) is 5.41 Å². The van der Waals surface area contributed by atoms with Crippen molar-refractivity contribution < 1.29 is 5.11 Å². The van der Waals surface area contributed by atoms with E-state index in [9.17, 15) is 5.11 Å². The number of aliphatic hydroxyl groups is 1. The molecule has 0 atom stereocenters. The molecule has 0 radical (unpaired) electrons. The standard InChI is InChI=1S/C15H24N4O/c1-10(2)17-15-13(9-16)11(3)8-14(18-15)19-6-4-12(20)5-7-19/h8-10,12,16,20H,4-7H2,1-3H3,(H,17,18). The van der Waals surface area contributed by atoms with Gasteiger partial charge in [-0.25, -0.2) is 4.98 Å². The molecule has 1 aliphatic heterocycles. The molecule has 2 rings (SSSR count). The van der Waals surface area contributed by atoms with Crippen molar-refractivity contribution in [3.8, 4) is 0 Å². The van der Waals surface area contributed by atoms with Gasteiger partial charge in [0.2, 0.25) is 0 Å². The molecule has 3 N–H and O–H groups in total. The van der Waals surface area contributed by atoms with Gasteiger partial charge in [-0.15, -0.1) is 0 Å². The zero-order valence-corrected chi connectivity index (χ0v) is 12.5. The van der Waals surface area contributed by atoms with Crippen LogP contribution in [0.5, 0.6) is 0 Å². The van der Waals surface area contributed by atoms with Gasteiger partial charge in [-0.3, -0.25) is 0 Å². The third kappa shape index (κ3) is 3.28. The van der Waals surface area contributed by atoms with Gasteiger partial charge >= 0.3 is 0 Å². The van der Waals surface area contributed by atoms with Crippen molar-refractivity contribution in [1.82, 2.24) is 4.98 Å². The second-order valence-corrected chi connectivity index (χ2v) is 5.72. The van der Waals surface area contributed by atoms with Gasteiger partial charge in [0.25, 0.3) is 0 Å². The van der Waals surface area contributed by atoms with Crippen LogP contribution in [-0.2, 0) is 0 Å². The summed E-state index contributed by atoms with van der Waals surface area (Å²) in [4.78, 5) is 6.88. The summed E-state index contributed by atoms with van der Waals surface area (Å²) in [6.07, 6.45) is 2.76. The number of aryl methyl sites for hydroxylation is 1. The van der Waals surface area contributed by atoms with E-state index >= 15 is 0 Å². The highest BCUT2D eigenvalue weighted by molar-refractivity contribution is 5.87. The number of hydrogen-bond donors (Lipinski definition) is 3. The predicted octanol–water partition coefficient (Wildman–Crippen LogP) is 2.17. The Hall–Kier alpha value is -1.62. The van der Waals surface area contributed by atoms with Gasteiger partial charge in [-0.05, 0) is 45.2 Å². The first-order valence-electron chi connectivity index (χ1n) is 7.23. The topological polar surface area (TPSA) is 72.2 Å². The summed E-state index contributed by atoms with van der Waals surface area (Å²) in [5.74, 6) is 1.71. The molecule has 0 saturated carbocycles. The van der Waals surface area contributed by atoms with Gasteiger partial charge < -0.3 is 20.7 Å². The monoisotopic (exact) mass is 276 g/mol. The molecule has 1 aliphatic rings. The SMILES string of the molecule is Cc1cc(N2CCC(O)CC2)nc(NC(C)C)c1C=N. The van der Waals surface area contributed by atoms with E-state index in [1.54, 1.807) is 0 Å². The molecule has 0 aromatic carbocycles. The number of piperidine rings is 1. The maximum atomic E-state index is 9.59. The summed E-state index contributed by atoms with van der Waals surface area (Å²) >= 11 is 0. The molecule has 1 saturated heterocycles. The first-order chi connectivity index (χ1) is 9.51. The number of hydrogen-bond acceptors (Lipinski definition) is 5. The second kappa shape index (κ2) is 6.22. The first kappa shape index (κ1) is 14.8. The van der Waals surface area contributed by atoms with Crippen LogP contribution in [-0.4, -0.2) is 41.5 Å². The minimum Gasteiger partial charge on any atom is -0.393 e. The van der Waals surface area contributed by atoms with E-state index in [2.05, 4.69) is 29.0 Å². The Morgan fingerprint density at radius 3 is 2.65 bits per heavy atom. The Balaban J connectivity index is 2.30. The van der Waals surface area contributed by atoms with Crippen LogP contribution in [0.1, 0.15) is 37.8 Å². The second-order valence-electron chi connectivity index (χ2n) is 5.72. The molecule has 0 spiro atoms. The first-order valence-corrected chi connectivity index (χ1v) is 7.23. The lowest BCUT2D eigenvalue weighted by Crippen LogP contribution is -2.36. The number of nitrogens with one attached hydrogen (secondary N) is 2. The molecule has 0 bridgehead atoms. The van der Waals surface area contributed by atoms with Crippen molar-refractivity contribution in [2.45, 2.75) is 45.8 Å². The summed E-state index contributed by atoms with van der Waals surface area (Å²) < 4.78 is 0. The van der Waals surface area contributed by atoms with Crippen LogP contribution in [0.25, 0.3) is 0 Å². The van der Waals surface area contributed by atoms with E-state index in [1.807, 2.05) is 13.0 Å².